The summed E-state index contributed by atoms with van der Waals surface area (Å²) in [5.41, 5.74) is 3.18. The minimum atomic E-state index is -3.77. The van der Waals surface area contributed by atoms with E-state index in [1.807, 2.05) is 44.2 Å². The molecule has 3 N–H and O–H groups in total. The van der Waals surface area contributed by atoms with E-state index in [1.165, 1.54) is 24.3 Å². The molecule has 2 aromatic carbocycles. The van der Waals surface area contributed by atoms with Gasteiger partial charge in [-0.2, -0.15) is 4.98 Å². The summed E-state index contributed by atoms with van der Waals surface area (Å²) in [6, 6.07) is 15.4. The van der Waals surface area contributed by atoms with Crippen molar-refractivity contribution in [2.24, 2.45) is 0 Å². The van der Waals surface area contributed by atoms with Crippen molar-refractivity contribution >= 4 is 45.0 Å². The van der Waals surface area contributed by atoms with Gasteiger partial charge in [0.2, 0.25) is 27.8 Å². The standard InChI is InChI=1S/C24H26N6O4S/c1-16-3-5-18(6-4-16)28-21-15-17(2)27-24(29-21)25-13-14-26-35(33,34)20-9-7-19(8-10-20)30-22(31)11-12-23(30)32/h3-10,15,26H,11-14H2,1-2H3,(H2,25,27,28,29). The molecule has 1 aromatic heterocycles. The van der Waals surface area contributed by atoms with Crippen LogP contribution >= 0.6 is 0 Å². The molecule has 0 saturated carbocycles. The molecule has 0 spiro atoms. The number of benzene rings is 2. The van der Waals surface area contributed by atoms with E-state index in [0.29, 0.717) is 17.5 Å². The van der Waals surface area contributed by atoms with Gasteiger partial charge in [-0.1, -0.05) is 17.7 Å². The van der Waals surface area contributed by atoms with Crippen molar-refractivity contribution in [3.63, 3.8) is 0 Å². The Morgan fingerprint density at radius 3 is 2.20 bits per heavy atom. The summed E-state index contributed by atoms with van der Waals surface area (Å²) in [6.45, 7) is 4.23. The number of hydrogen-bond acceptors (Lipinski definition) is 8. The van der Waals surface area contributed by atoms with E-state index in [1.54, 1.807) is 0 Å². The normalized spacial score (nSPS) is 13.8. The zero-order valence-electron chi connectivity index (χ0n) is 19.4. The molecule has 0 radical (unpaired) electrons. The Bertz CT molecular complexity index is 1330. The van der Waals surface area contributed by atoms with Crippen LogP contribution in [-0.4, -0.2) is 43.3 Å². The molecule has 2 heterocycles. The molecule has 1 saturated heterocycles. The van der Waals surface area contributed by atoms with Crippen LogP contribution in [0.1, 0.15) is 24.1 Å². The number of carbonyl (C=O) groups excluding carboxylic acids is 2. The van der Waals surface area contributed by atoms with Gasteiger partial charge in [-0.15, -0.1) is 0 Å². The predicted octanol–water partition coefficient (Wildman–Crippen LogP) is 2.88. The summed E-state index contributed by atoms with van der Waals surface area (Å²) in [5.74, 6) is 0.429. The zero-order chi connectivity index (χ0) is 25.0. The molecule has 11 heteroatoms. The van der Waals surface area contributed by atoms with E-state index in [9.17, 15) is 18.0 Å². The van der Waals surface area contributed by atoms with E-state index < -0.39 is 10.0 Å². The van der Waals surface area contributed by atoms with Gasteiger partial charge < -0.3 is 10.6 Å². The number of aromatic nitrogens is 2. The lowest BCUT2D eigenvalue weighted by molar-refractivity contribution is -0.121. The van der Waals surface area contributed by atoms with Crippen LogP contribution < -0.4 is 20.3 Å². The Morgan fingerprint density at radius 1 is 0.886 bits per heavy atom. The first-order valence-corrected chi connectivity index (χ1v) is 12.6. The van der Waals surface area contributed by atoms with Gasteiger partial charge in [0, 0.05) is 43.4 Å². The maximum atomic E-state index is 12.6. The van der Waals surface area contributed by atoms with E-state index in [4.69, 9.17) is 0 Å². The van der Waals surface area contributed by atoms with Crippen LogP contribution in [0.4, 0.5) is 23.1 Å². The molecule has 1 fully saturated rings. The highest BCUT2D eigenvalue weighted by molar-refractivity contribution is 7.89. The Kier molecular flexibility index (Phi) is 7.08. The summed E-state index contributed by atoms with van der Waals surface area (Å²) in [4.78, 5) is 33.6. The number of amides is 2. The quantitative estimate of drug-likeness (QED) is 0.305. The number of carbonyl (C=O) groups is 2. The summed E-state index contributed by atoms with van der Waals surface area (Å²) < 4.78 is 27.7. The number of aryl methyl sites for hydroxylation is 2. The van der Waals surface area contributed by atoms with Crippen LogP contribution in [0.2, 0.25) is 0 Å². The molecule has 0 unspecified atom stereocenters. The zero-order valence-corrected chi connectivity index (χ0v) is 20.2. The Hall–Kier alpha value is -3.83. The minimum absolute atomic E-state index is 0.0386. The van der Waals surface area contributed by atoms with Crippen molar-refractivity contribution in [3.8, 4) is 0 Å². The van der Waals surface area contributed by atoms with Crippen molar-refractivity contribution in [2.45, 2.75) is 31.6 Å². The number of rotatable bonds is 9. The van der Waals surface area contributed by atoms with Gasteiger partial charge in [0.1, 0.15) is 5.82 Å². The van der Waals surface area contributed by atoms with Crippen molar-refractivity contribution in [3.05, 3.63) is 65.9 Å². The monoisotopic (exact) mass is 494 g/mol. The molecule has 3 aromatic rings. The fraction of sp³-hybridized carbons (Fsp3) is 0.250. The average molecular weight is 495 g/mol. The molecule has 182 valence electrons. The van der Waals surface area contributed by atoms with Crippen LogP contribution in [0.25, 0.3) is 0 Å². The molecular formula is C24H26N6O4S. The number of imide groups is 1. The second-order valence-electron chi connectivity index (χ2n) is 8.15. The lowest BCUT2D eigenvalue weighted by atomic mass is 10.2. The molecule has 1 aliphatic rings. The highest BCUT2D eigenvalue weighted by Gasteiger charge is 2.30. The number of anilines is 4. The van der Waals surface area contributed by atoms with Crippen molar-refractivity contribution in [2.75, 3.05) is 28.6 Å². The summed E-state index contributed by atoms with van der Waals surface area (Å²) >= 11 is 0. The Balaban J connectivity index is 1.32. The second kappa shape index (κ2) is 10.2. The minimum Gasteiger partial charge on any atom is -0.353 e. The van der Waals surface area contributed by atoms with Crippen LogP contribution in [0.15, 0.2) is 59.5 Å². The van der Waals surface area contributed by atoms with E-state index in [-0.39, 0.29) is 42.6 Å². The maximum Gasteiger partial charge on any atom is 0.240 e. The van der Waals surface area contributed by atoms with Gasteiger partial charge >= 0.3 is 0 Å². The number of hydrogen-bond donors (Lipinski definition) is 3. The third kappa shape index (κ3) is 6.00. The average Bonchev–Trinajstić information content (AvgIpc) is 3.16. The highest BCUT2D eigenvalue weighted by atomic mass is 32.2. The van der Waals surface area contributed by atoms with Crippen LogP contribution in [0, 0.1) is 13.8 Å². The lowest BCUT2D eigenvalue weighted by Crippen LogP contribution is -2.30. The molecule has 10 nitrogen and oxygen atoms in total. The highest BCUT2D eigenvalue weighted by Crippen LogP contribution is 2.24. The first-order chi connectivity index (χ1) is 16.7. The molecule has 35 heavy (non-hydrogen) atoms. The van der Waals surface area contributed by atoms with E-state index in [0.717, 1.165) is 21.8 Å². The van der Waals surface area contributed by atoms with Gasteiger partial charge in [0.15, 0.2) is 0 Å². The molecule has 2 amide bonds. The third-order valence-corrected chi connectivity index (χ3v) is 6.81. The maximum absolute atomic E-state index is 12.6. The molecule has 0 bridgehead atoms. The van der Waals surface area contributed by atoms with E-state index in [2.05, 4.69) is 25.3 Å². The van der Waals surface area contributed by atoms with E-state index >= 15 is 0 Å². The molecule has 4 rings (SSSR count). The van der Waals surface area contributed by atoms with Crippen LogP contribution in [0.3, 0.4) is 0 Å². The van der Waals surface area contributed by atoms with Crippen LogP contribution in [-0.2, 0) is 19.6 Å². The largest absolute Gasteiger partial charge is 0.353 e. The van der Waals surface area contributed by atoms with Gasteiger partial charge in [-0.05, 0) is 50.2 Å². The third-order valence-electron chi connectivity index (χ3n) is 5.34. The van der Waals surface area contributed by atoms with Crippen molar-refractivity contribution in [1.82, 2.24) is 14.7 Å². The Labute approximate surface area is 203 Å². The molecule has 0 aliphatic carbocycles. The summed E-state index contributed by atoms with van der Waals surface area (Å²) in [7, 11) is -3.77. The molecular weight excluding hydrogens is 468 g/mol. The smallest absolute Gasteiger partial charge is 0.240 e. The molecule has 0 atom stereocenters. The SMILES string of the molecule is Cc1ccc(Nc2cc(C)nc(NCCNS(=O)(=O)c3ccc(N4C(=O)CCC4=O)cc3)n2)cc1. The fourth-order valence-corrected chi connectivity index (χ4v) is 4.61. The summed E-state index contributed by atoms with van der Waals surface area (Å²) in [6.07, 6.45) is 0.337. The molecule has 1 aliphatic heterocycles. The second-order valence-corrected chi connectivity index (χ2v) is 9.92. The first-order valence-electron chi connectivity index (χ1n) is 11.1. The first kappa shape index (κ1) is 24.3. The van der Waals surface area contributed by atoms with Gasteiger partial charge in [0.25, 0.3) is 0 Å². The number of sulfonamides is 1. The fourth-order valence-electron chi connectivity index (χ4n) is 3.58. The van der Waals surface area contributed by atoms with Gasteiger partial charge in [-0.25, -0.2) is 18.1 Å². The van der Waals surface area contributed by atoms with Gasteiger partial charge in [-0.3, -0.25) is 14.5 Å². The number of nitrogens with zero attached hydrogens (tertiary/aromatic N) is 3. The Morgan fingerprint density at radius 2 is 1.54 bits per heavy atom. The summed E-state index contributed by atoms with van der Waals surface area (Å²) in [5, 5.41) is 6.26. The van der Waals surface area contributed by atoms with Crippen LogP contribution in [0.5, 0.6) is 0 Å². The van der Waals surface area contributed by atoms with Crippen molar-refractivity contribution < 1.29 is 18.0 Å². The van der Waals surface area contributed by atoms with Gasteiger partial charge in [0.05, 0.1) is 10.6 Å². The topological polar surface area (TPSA) is 133 Å². The number of nitrogens with one attached hydrogen (secondary N) is 3. The lowest BCUT2D eigenvalue weighted by Gasteiger charge is -2.14. The van der Waals surface area contributed by atoms with Crippen molar-refractivity contribution in [1.29, 1.82) is 0 Å². The predicted molar refractivity (Wildman–Crippen MR) is 133 cm³/mol.